The number of nitrogens with zero attached hydrogens (tertiary/aromatic N) is 1. The minimum atomic E-state index is -1.86. The molecule has 0 aromatic heterocycles. The zero-order chi connectivity index (χ0) is 22.6. The minimum absolute atomic E-state index is 0.0230. The van der Waals surface area contributed by atoms with Crippen LogP contribution < -0.4 is 0 Å². The average molecular weight is 417 g/mol. The summed E-state index contributed by atoms with van der Waals surface area (Å²) in [6, 6.07) is 4.77. The van der Waals surface area contributed by atoms with E-state index in [1.807, 2.05) is 0 Å². The number of nitro benzene ring substituents is 1. The predicted molar refractivity (Wildman–Crippen MR) is 105 cm³/mol. The molecule has 2 rings (SSSR count). The van der Waals surface area contributed by atoms with Crippen molar-refractivity contribution in [2.24, 2.45) is 5.92 Å². The molecule has 0 bridgehead atoms. The first-order valence-electron chi connectivity index (χ1n) is 9.26. The Morgan fingerprint density at radius 1 is 1.23 bits per heavy atom. The molecular formula is C21H23NO8. The summed E-state index contributed by atoms with van der Waals surface area (Å²) < 4.78 is 16.1. The monoisotopic (exact) mass is 417 g/mol. The highest BCUT2D eigenvalue weighted by atomic mass is 16.6. The number of methoxy groups -OCH3 is 1. The van der Waals surface area contributed by atoms with E-state index in [4.69, 9.17) is 14.2 Å². The topological polar surface area (TPSA) is 122 Å². The van der Waals surface area contributed by atoms with E-state index in [0.717, 1.165) is 12.1 Å². The van der Waals surface area contributed by atoms with Gasteiger partial charge in [0.15, 0.2) is 5.76 Å². The number of non-ortho nitro benzene ring substituents is 1. The molecule has 1 aliphatic rings. The van der Waals surface area contributed by atoms with Crippen LogP contribution in [0.4, 0.5) is 5.69 Å². The number of Topliss-reactive ketones (excluding diaryl/α,β-unsaturated/α-hetero) is 1. The molecule has 0 unspecified atom stereocenters. The number of rotatable bonds is 7. The van der Waals surface area contributed by atoms with Gasteiger partial charge in [0.05, 0.1) is 23.5 Å². The molecule has 0 radical (unpaired) electrons. The lowest BCUT2D eigenvalue weighted by Gasteiger charge is -2.33. The Hall–Kier alpha value is -3.49. The van der Waals surface area contributed by atoms with Crippen LogP contribution in [0, 0.1) is 16.0 Å². The minimum Gasteiger partial charge on any atom is -0.496 e. The Morgan fingerprint density at radius 2 is 1.83 bits per heavy atom. The third-order valence-corrected chi connectivity index (χ3v) is 4.93. The van der Waals surface area contributed by atoms with Crippen molar-refractivity contribution in [2.45, 2.75) is 39.7 Å². The summed E-state index contributed by atoms with van der Waals surface area (Å²) in [5.41, 5.74) is -1.81. The molecule has 9 heteroatoms. The highest BCUT2D eigenvalue weighted by molar-refractivity contribution is 6.07. The Kier molecular flexibility index (Phi) is 6.76. The third kappa shape index (κ3) is 4.40. The van der Waals surface area contributed by atoms with Crippen LogP contribution >= 0.6 is 0 Å². The van der Waals surface area contributed by atoms with Crippen LogP contribution in [0.15, 0.2) is 47.4 Å². The number of nitro groups is 1. The van der Waals surface area contributed by atoms with Gasteiger partial charge in [-0.3, -0.25) is 19.7 Å². The van der Waals surface area contributed by atoms with Gasteiger partial charge in [0.25, 0.3) is 5.69 Å². The van der Waals surface area contributed by atoms with Crippen molar-refractivity contribution in [3.05, 3.63) is 63.1 Å². The fraction of sp³-hybridized carbons (Fsp3) is 0.381. The van der Waals surface area contributed by atoms with Crippen LogP contribution in [-0.4, -0.2) is 35.4 Å². The summed E-state index contributed by atoms with van der Waals surface area (Å²) >= 11 is 0. The van der Waals surface area contributed by atoms with Crippen molar-refractivity contribution >= 4 is 23.4 Å². The van der Waals surface area contributed by atoms with E-state index in [0.29, 0.717) is 6.42 Å². The predicted octanol–water partition coefficient (Wildman–Crippen LogP) is 3.49. The first kappa shape index (κ1) is 22.8. The fourth-order valence-electron chi connectivity index (χ4n) is 2.73. The quantitative estimate of drug-likeness (QED) is 0.375. The molecule has 30 heavy (non-hydrogen) atoms. The molecule has 0 heterocycles. The lowest BCUT2D eigenvalue weighted by molar-refractivity contribution is -0.384. The van der Waals surface area contributed by atoms with Crippen molar-refractivity contribution in [3.63, 3.8) is 0 Å². The van der Waals surface area contributed by atoms with E-state index in [1.54, 1.807) is 13.8 Å². The van der Waals surface area contributed by atoms with Gasteiger partial charge in [-0.2, -0.15) is 0 Å². The summed E-state index contributed by atoms with van der Waals surface area (Å²) in [6.45, 7) is 6.33. The number of allylic oxidation sites excluding steroid dienone is 1. The van der Waals surface area contributed by atoms with E-state index >= 15 is 0 Å². The van der Waals surface area contributed by atoms with Gasteiger partial charge in [0.2, 0.25) is 11.4 Å². The molecule has 9 nitrogen and oxygen atoms in total. The smallest absolute Gasteiger partial charge is 0.343 e. The maximum Gasteiger partial charge on any atom is 0.343 e. The first-order chi connectivity index (χ1) is 14.0. The summed E-state index contributed by atoms with van der Waals surface area (Å²) in [7, 11) is 1.35. The van der Waals surface area contributed by atoms with Gasteiger partial charge in [-0.15, -0.1) is 0 Å². The van der Waals surface area contributed by atoms with Crippen LogP contribution in [0.2, 0.25) is 0 Å². The SMILES string of the molecule is CC[C@@H](C)C(=O)O[C@@]1(C)C(=O)C(C)=C(OC)C=C1OC(=O)c1ccc([N+](=O)[O-])cc1. The van der Waals surface area contributed by atoms with E-state index in [9.17, 15) is 24.5 Å². The van der Waals surface area contributed by atoms with Gasteiger partial charge in [0, 0.05) is 23.8 Å². The van der Waals surface area contributed by atoms with Crippen LogP contribution in [0.1, 0.15) is 44.5 Å². The van der Waals surface area contributed by atoms with Crippen LogP contribution in [0.5, 0.6) is 0 Å². The Balaban J connectivity index is 2.40. The normalized spacial score (nSPS) is 19.6. The molecule has 1 aromatic rings. The van der Waals surface area contributed by atoms with E-state index in [-0.39, 0.29) is 28.3 Å². The number of carbonyl (C=O) groups is 3. The van der Waals surface area contributed by atoms with E-state index in [2.05, 4.69) is 0 Å². The second-order valence-electron chi connectivity index (χ2n) is 6.99. The lowest BCUT2D eigenvalue weighted by Crippen LogP contribution is -2.47. The standard InChI is InChI=1S/C21H23NO8/c1-6-12(2)19(24)30-21(4)17(11-16(28-5)13(3)18(21)23)29-20(25)14-7-9-15(10-8-14)22(26)27/h7-12H,6H2,1-5H3/t12-,21-/m1/s1. The van der Waals surface area contributed by atoms with Crippen molar-refractivity contribution in [2.75, 3.05) is 7.11 Å². The van der Waals surface area contributed by atoms with Crippen LogP contribution in [-0.2, 0) is 23.8 Å². The van der Waals surface area contributed by atoms with E-state index < -0.39 is 34.2 Å². The third-order valence-electron chi connectivity index (χ3n) is 4.93. The summed E-state index contributed by atoms with van der Waals surface area (Å²) in [4.78, 5) is 48.2. The highest BCUT2D eigenvalue weighted by Gasteiger charge is 2.48. The number of ketones is 1. The molecule has 160 valence electrons. The van der Waals surface area contributed by atoms with Crippen molar-refractivity contribution < 1.29 is 33.5 Å². The molecule has 0 amide bonds. The van der Waals surface area contributed by atoms with Gasteiger partial charge < -0.3 is 14.2 Å². The zero-order valence-corrected chi connectivity index (χ0v) is 17.4. The van der Waals surface area contributed by atoms with Gasteiger partial charge in [0.1, 0.15) is 5.76 Å². The molecule has 2 atom stereocenters. The number of hydrogen-bond acceptors (Lipinski definition) is 8. The lowest BCUT2D eigenvalue weighted by atomic mass is 9.87. The summed E-state index contributed by atoms with van der Waals surface area (Å²) in [5.74, 6) is -2.57. The molecule has 1 aromatic carbocycles. The molecule has 1 aliphatic carbocycles. The second-order valence-corrected chi connectivity index (χ2v) is 6.99. The van der Waals surface area contributed by atoms with Gasteiger partial charge in [-0.25, -0.2) is 4.79 Å². The summed E-state index contributed by atoms with van der Waals surface area (Å²) in [5, 5.41) is 10.8. The summed E-state index contributed by atoms with van der Waals surface area (Å²) in [6.07, 6.45) is 1.83. The van der Waals surface area contributed by atoms with Crippen molar-refractivity contribution in [1.29, 1.82) is 0 Å². The number of hydrogen-bond donors (Lipinski definition) is 0. The van der Waals surface area contributed by atoms with Gasteiger partial charge >= 0.3 is 11.9 Å². The number of ether oxygens (including phenoxy) is 3. The first-order valence-corrected chi connectivity index (χ1v) is 9.26. The number of carbonyl (C=O) groups excluding carboxylic acids is 3. The molecule has 0 saturated heterocycles. The molecule has 0 saturated carbocycles. The van der Waals surface area contributed by atoms with Crippen LogP contribution in [0.3, 0.4) is 0 Å². The fourth-order valence-corrected chi connectivity index (χ4v) is 2.73. The maximum atomic E-state index is 13.0. The molecular weight excluding hydrogens is 394 g/mol. The van der Waals surface area contributed by atoms with Gasteiger partial charge in [-0.1, -0.05) is 13.8 Å². The number of esters is 2. The van der Waals surface area contributed by atoms with E-state index in [1.165, 1.54) is 39.2 Å². The van der Waals surface area contributed by atoms with Crippen LogP contribution in [0.25, 0.3) is 0 Å². The molecule has 0 spiro atoms. The second kappa shape index (κ2) is 8.89. The van der Waals surface area contributed by atoms with Crippen molar-refractivity contribution in [3.8, 4) is 0 Å². The Labute approximate surface area is 173 Å². The molecule has 0 fully saturated rings. The molecule has 0 aliphatic heterocycles. The number of benzene rings is 1. The molecule has 0 N–H and O–H groups in total. The van der Waals surface area contributed by atoms with Crippen molar-refractivity contribution in [1.82, 2.24) is 0 Å². The Bertz CT molecular complexity index is 944. The highest BCUT2D eigenvalue weighted by Crippen LogP contribution is 2.35. The zero-order valence-electron chi connectivity index (χ0n) is 17.4. The Morgan fingerprint density at radius 3 is 2.33 bits per heavy atom. The largest absolute Gasteiger partial charge is 0.496 e. The van der Waals surface area contributed by atoms with Gasteiger partial charge in [-0.05, 0) is 32.4 Å². The maximum absolute atomic E-state index is 13.0. The average Bonchev–Trinajstić information content (AvgIpc) is 2.73.